The Morgan fingerprint density at radius 1 is 0.839 bits per heavy atom. The van der Waals surface area contributed by atoms with Crippen molar-refractivity contribution in [2.24, 2.45) is 5.92 Å². The Bertz CT molecular complexity index is 1290. The van der Waals surface area contributed by atoms with Crippen LogP contribution in [0.1, 0.15) is 61.4 Å². The molecule has 5 rings (SSSR count). The van der Waals surface area contributed by atoms with E-state index in [4.69, 9.17) is 4.98 Å². The van der Waals surface area contributed by atoms with Crippen molar-refractivity contribution in [2.45, 2.75) is 53.4 Å². The second kappa shape index (κ2) is 7.64. The number of rotatable bonds is 4. The van der Waals surface area contributed by atoms with Crippen molar-refractivity contribution in [1.29, 1.82) is 0 Å². The van der Waals surface area contributed by atoms with Crippen molar-refractivity contribution in [3.63, 3.8) is 0 Å². The number of fused-ring (bicyclic) bond motifs is 4. The molecule has 1 heterocycles. The lowest BCUT2D eigenvalue weighted by molar-refractivity contribution is 0.648. The molecular weight excluding hydrogens is 374 g/mol. The van der Waals surface area contributed by atoms with E-state index in [-0.39, 0.29) is 0 Å². The maximum absolute atomic E-state index is 5.07. The lowest BCUT2D eigenvalue weighted by atomic mass is 9.89. The number of aromatic nitrogens is 1. The molecule has 1 nitrogen and oxygen atoms in total. The second-order valence-corrected chi connectivity index (χ2v) is 9.87. The van der Waals surface area contributed by atoms with Crippen LogP contribution in [0.5, 0.6) is 0 Å². The summed E-state index contributed by atoms with van der Waals surface area (Å²) in [4.78, 5) is 5.07. The molecule has 0 fully saturated rings. The first-order valence-electron chi connectivity index (χ1n) is 11.6. The molecule has 0 saturated heterocycles. The quantitative estimate of drug-likeness (QED) is 0.294. The highest BCUT2D eigenvalue weighted by atomic mass is 14.7. The van der Waals surface area contributed by atoms with Crippen LogP contribution < -0.4 is 0 Å². The van der Waals surface area contributed by atoms with Crippen LogP contribution in [0.2, 0.25) is 0 Å². The molecule has 0 saturated carbocycles. The Kier molecular flexibility index (Phi) is 4.93. The van der Waals surface area contributed by atoms with Crippen molar-refractivity contribution in [3.8, 4) is 22.4 Å². The molecule has 0 atom stereocenters. The smallest absolute Gasteiger partial charge is 0.0783 e. The van der Waals surface area contributed by atoms with Crippen LogP contribution >= 0.6 is 0 Å². The zero-order chi connectivity index (χ0) is 21.7. The van der Waals surface area contributed by atoms with Crippen molar-refractivity contribution < 1.29 is 0 Å². The van der Waals surface area contributed by atoms with Gasteiger partial charge in [-0.15, -0.1) is 0 Å². The van der Waals surface area contributed by atoms with E-state index in [1.54, 1.807) is 0 Å². The monoisotopic (exact) mass is 405 g/mol. The molecule has 31 heavy (non-hydrogen) atoms. The third kappa shape index (κ3) is 3.47. The first-order chi connectivity index (χ1) is 14.9. The Hall–Kier alpha value is -2.93. The standard InChI is InChI=1S/C30H31N/c1-18(2)12-21-10-11-24-26(15-21)29(19(3)4)17-31-30(24)28-14-20(5)13-25-23-9-7-6-8-22(23)16-27(25)28/h6-11,13-15,17-19H,12,16H2,1-5H3. The predicted molar refractivity (Wildman–Crippen MR) is 133 cm³/mol. The van der Waals surface area contributed by atoms with Crippen LogP contribution in [-0.2, 0) is 12.8 Å². The highest BCUT2D eigenvalue weighted by Crippen LogP contribution is 2.44. The summed E-state index contributed by atoms with van der Waals surface area (Å²) in [5, 5.41) is 2.64. The molecule has 0 spiro atoms. The molecule has 156 valence electrons. The summed E-state index contributed by atoms with van der Waals surface area (Å²) in [7, 11) is 0. The van der Waals surface area contributed by atoms with Gasteiger partial charge in [0.15, 0.2) is 0 Å². The van der Waals surface area contributed by atoms with E-state index in [9.17, 15) is 0 Å². The van der Waals surface area contributed by atoms with Crippen LogP contribution in [0.3, 0.4) is 0 Å². The van der Waals surface area contributed by atoms with E-state index in [2.05, 4.69) is 95.4 Å². The SMILES string of the molecule is Cc1cc2c(c(-c3ncc(C(C)C)c4cc(CC(C)C)ccc34)c1)Cc1ccccc1-2. The van der Waals surface area contributed by atoms with E-state index < -0.39 is 0 Å². The van der Waals surface area contributed by atoms with Gasteiger partial charge in [-0.3, -0.25) is 4.98 Å². The fraction of sp³-hybridized carbons (Fsp3) is 0.300. The number of aryl methyl sites for hydroxylation is 1. The Morgan fingerprint density at radius 2 is 1.61 bits per heavy atom. The molecule has 1 aromatic heterocycles. The van der Waals surface area contributed by atoms with Gasteiger partial charge in [-0.25, -0.2) is 0 Å². The molecule has 0 unspecified atom stereocenters. The fourth-order valence-corrected chi connectivity index (χ4v) is 5.17. The van der Waals surface area contributed by atoms with Crippen molar-refractivity contribution >= 4 is 10.8 Å². The molecule has 4 aromatic rings. The van der Waals surface area contributed by atoms with Gasteiger partial charge in [0.25, 0.3) is 0 Å². The number of hydrogen-bond donors (Lipinski definition) is 0. The van der Waals surface area contributed by atoms with Crippen LogP contribution in [0.25, 0.3) is 33.2 Å². The molecule has 0 bridgehead atoms. The molecule has 0 N–H and O–H groups in total. The summed E-state index contributed by atoms with van der Waals surface area (Å²) in [5.41, 5.74) is 12.1. The molecule has 0 radical (unpaired) electrons. The largest absolute Gasteiger partial charge is 0.255 e. The molecule has 0 amide bonds. The number of nitrogens with zero attached hydrogens (tertiary/aromatic N) is 1. The number of benzene rings is 3. The zero-order valence-corrected chi connectivity index (χ0v) is 19.3. The van der Waals surface area contributed by atoms with Gasteiger partial charge in [-0.05, 0) is 82.0 Å². The molecule has 1 aliphatic rings. The predicted octanol–water partition coefficient (Wildman–Crippen LogP) is 8.10. The topological polar surface area (TPSA) is 12.9 Å². The average Bonchev–Trinajstić information content (AvgIpc) is 3.10. The van der Waals surface area contributed by atoms with Crippen LogP contribution in [0.4, 0.5) is 0 Å². The Morgan fingerprint density at radius 3 is 2.39 bits per heavy atom. The van der Waals surface area contributed by atoms with Crippen molar-refractivity contribution in [3.05, 3.63) is 88.6 Å². The molecular formula is C30H31N. The minimum atomic E-state index is 0.450. The van der Waals surface area contributed by atoms with Gasteiger partial charge in [0.1, 0.15) is 0 Å². The lowest BCUT2D eigenvalue weighted by Crippen LogP contribution is -2.00. The first-order valence-corrected chi connectivity index (χ1v) is 11.6. The van der Waals surface area contributed by atoms with E-state index in [1.165, 1.54) is 55.3 Å². The van der Waals surface area contributed by atoms with Gasteiger partial charge < -0.3 is 0 Å². The maximum atomic E-state index is 5.07. The summed E-state index contributed by atoms with van der Waals surface area (Å²) in [6.45, 7) is 11.3. The zero-order valence-electron chi connectivity index (χ0n) is 19.3. The fourth-order valence-electron chi connectivity index (χ4n) is 5.17. The lowest BCUT2D eigenvalue weighted by Gasteiger charge is -2.17. The van der Waals surface area contributed by atoms with E-state index in [1.807, 2.05) is 0 Å². The summed E-state index contributed by atoms with van der Waals surface area (Å²) in [6, 6.07) is 20.5. The number of pyridine rings is 1. The maximum Gasteiger partial charge on any atom is 0.0783 e. The third-order valence-electron chi connectivity index (χ3n) is 6.57. The normalized spacial score (nSPS) is 12.6. The second-order valence-electron chi connectivity index (χ2n) is 9.87. The van der Waals surface area contributed by atoms with Crippen LogP contribution in [-0.4, -0.2) is 4.98 Å². The summed E-state index contributed by atoms with van der Waals surface area (Å²) in [5.74, 6) is 1.10. The third-order valence-corrected chi connectivity index (χ3v) is 6.57. The highest BCUT2D eigenvalue weighted by Gasteiger charge is 2.24. The van der Waals surface area contributed by atoms with E-state index in [0.29, 0.717) is 11.8 Å². The van der Waals surface area contributed by atoms with Gasteiger partial charge in [0.05, 0.1) is 5.69 Å². The average molecular weight is 406 g/mol. The summed E-state index contributed by atoms with van der Waals surface area (Å²) < 4.78 is 0. The highest BCUT2D eigenvalue weighted by molar-refractivity contribution is 5.99. The summed E-state index contributed by atoms with van der Waals surface area (Å²) >= 11 is 0. The van der Waals surface area contributed by atoms with Crippen LogP contribution in [0.15, 0.2) is 60.8 Å². The molecule has 1 heteroatoms. The van der Waals surface area contributed by atoms with Gasteiger partial charge in [-0.2, -0.15) is 0 Å². The minimum absolute atomic E-state index is 0.450. The van der Waals surface area contributed by atoms with Crippen LogP contribution in [0, 0.1) is 12.8 Å². The minimum Gasteiger partial charge on any atom is -0.255 e. The Labute approximate surface area is 186 Å². The van der Waals surface area contributed by atoms with Gasteiger partial charge in [0, 0.05) is 17.1 Å². The van der Waals surface area contributed by atoms with E-state index in [0.717, 1.165) is 18.5 Å². The summed E-state index contributed by atoms with van der Waals surface area (Å²) in [6.07, 6.45) is 4.22. The van der Waals surface area contributed by atoms with Crippen molar-refractivity contribution in [2.75, 3.05) is 0 Å². The van der Waals surface area contributed by atoms with Crippen molar-refractivity contribution in [1.82, 2.24) is 4.98 Å². The van der Waals surface area contributed by atoms with E-state index >= 15 is 0 Å². The van der Waals surface area contributed by atoms with Gasteiger partial charge in [-0.1, -0.05) is 76.2 Å². The molecule has 1 aliphatic carbocycles. The van der Waals surface area contributed by atoms with Gasteiger partial charge in [0.2, 0.25) is 0 Å². The first kappa shape index (κ1) is 20.0. The number of hydrogen-bond acceptors (Lipinski definition) is 1. The molecule has 3 aromatic carbocycles. The molecule has 0 aliphatic heterocycles. The van der Waals surface area contributed by atoms with Gasteiger partial charge >= 0.3 is 0 Å². The Balaban J connectivity index is 1.76.